The number of carbonyl (C=O) groups is 2. The Balaban J connectivity index is 1.89. The number of halogens is 4. The molecule has 0 radical (unpaired) electrons. The molecule has 0 atom stereocenters. The molecule has 0 saturated carbocycles. The Labute approximate surface area is 145 Å². The van der Waals surface area contributed by atoms with E-state index in [2.05, 4.69) is 0 Å². The van der Waals surface area contributed by atoms with Crippen LogP contribution in [0.2, 0.25) is 5.02 Å². The fourth-order valence-electron chi connectivity index (χ4n) is 1.96. The van der Waals surface area contributed by atoms with Crippen LogP contribution in [0.4, 0.5) is 18.9 Å². The average molecular weight is 376 g/mol. The minimum atomic E-state index is -4.69. The van der Waals surface area contributed by atoms with E-state index in [0.717, 1.165) is 12.1 Å². The van der Waals surface area contributed by atoms with Crippen molar-refractivity contribution in [1.29, 1.82) is 0 Å². The monoisotopic (exact) mass is 375 g/mol. The van der Waals surface area contributed by atoms with Crippen molar-refractivity contribution in [3.63, 3.8) is 0 Å². The number of anilines is 1. The second-order valence-corrected chi connectivity index (χ2v) is 5.36. The third-order valence-electron chi connectivity index (χ3n) is 3.10. The Morgan fingerprint density at radius 1 is 1.20 bits per heavy atom. The van der Waals surface area contributed by atoms with E-state index in [-0.39, 0.29) is 17.9 Å². The number of esters is 1. The Morgan fingerprint density at radius 3 is 2.60 bits per heavy atom. The van der Waals surface area contributed by atoms with Gasteiger partial charge in [-0.15, -0.1) is 0 Å². The first-order chi connectivity index (χ1) is 11.8. The number of rotatable bonds is 6. The lowest BCUT2D eigenvalue weighted by Crippen LogP contribution is -2.23. The second-order valence-electron chi connectivity index (χ2n) is 4.95. The molecule has 0 aliphatic carbocycles. The van der Waals surface area contributed by atoms with Gasteiger partial charge in [0.15, 0.2) is 6.61 Å². The lowest BCUT2D eigenvalue weighted by atomic mass is 10.1. The molecule has 0 bridgehead atoms. The molecule has 0 spiro atoms. The number of aryl methyl sites for hydroxylation is 1. The van der Waals surface area contributed by atoms with Gasteiger partial charge in [-0.3, -0.25) is 9.59 Å². The van der Waals surface area contributed by atoms with Gasteiger partial charge < -0.3 is 14.5 Å². The topological polar surface area (TPSA) is 68.5 Å². The average Bonchev–Trinajstić information content (AvgIpc) is 3.05. The summed E-state index contributed by atoms with van der Waals surface area (Å²) in [7, 11) is 0. The maximum atomic E-state index is 12.9. The van der Waals surface area contributed by atoms with Gasteiger partial charge in [0.25, 0.3) is 5.91 Å². The van der Waals surface area contributed by atoms with E-state index in [1.807, 2.05) is 5.32 Å². The van der Waals surface area contributed by atoms with Crippen LogP contribution in [-0.2, 0) is 26.9 Å². The van der Waals surface area contributed by atoms with Gasteiger partial charge in [-0.05, 0) is 24.3 Å². The second kappa shape index (κ2) is 8.06. The van der Waals surface area contributed by atoms with Crippen LogP contribution in [0.1, 0.15) is 17.7 Å². The fourth-order valence-corrected chi connectivity index (χ4v) is 2.18. The van der Waals surface area contributed by atoms with Gasteiger partial charge in [0.1, 0.15) is 5.76 Å². The number of alkyl halides is 3. The number of hydrogen-bond donors (Lipinski definition) is 1. The number of carbonyl (C=O) groups excluding carboxylic acids is 2. The highest BCUT2D eigenvalue weighted by atomic mass is 35.5. The number of benzene rings is 1. The first-order valence-electron chi connectivity index (χ1n) is 7.11. The Hall–Kier alpha value is -2.48. The van der Waals surface area contributed by atoms with E-state index in [0.29, 0.717) is 5.76 Å². The molecule has 134 valence electrons. The van der Waals surface area contributed by atoms with Crippen molar-refractivity contribution in [3.05, 3.63) is 52.9 Å². The van der Waals surface area contributed by atoms with Crippen LogP contribution >= 0.6 is 11.6 Å². The molecular formula is C16H13ClF3NO4. The number of para-hydroxylation sites is 1. The number of amides is 1. The summed E-state index contributed by atoms with van der Waals surface area (Å²) in [6.07, 6.45) is -2.97. The standard InChI is InChI=1S/C16H13ClF3NO4/c17-12-5-1-4-11(16(18,19)20)15(12)21-13(22)9-25-14(23)7-6-10-3-2-8-24-10/h1-5,8H,6-7,9H2,(H,21,22). The summed E-state index contributed by atoms with van der Waals surface area (Å²) in [5, 5.41) is 1.75. The number of furan rings is 1. The molecule has 0 aliphatic heterocycles. The first-order valence-corrected chi connectivity index (χ1v) is 7.48. The molecule has 2 aromatic rings. The summed E-state index contributed by atoms with van der Waals surface area (Å²) in [4.78, 5) is 23.3. The van der Waals surface area contributed by atoms with Crippen LogP contribution in [0, 0.1) is 0 Å². The molecule has 2 rings (SSSR count). The van der Waals surface area contributed by atoms with Crippen LogP contribution in [-0.4, -0.2) is 18.5 Å². The smallest absolute Gasteiger partial charge is 0.418 e. The van der Waals surface area contributed by atoms with Crippen molar-refractivity contribution < 1.29 is 31.9 Å². The molecule has 0 saturated heterocycles. The van der Waals surface area contributed by atoms with Crippen molar-refractivity contribution in [2.75, 3.05) is 11.9 Å². The normalized spacial score (nSPS) is 11.2. The summed E-state index contributed by atoms with van der Waals surface area (Å²) in [6, 6.07) is 6.46. The zero-order valence-corrected chi connectivity index (χ0v) is 13.5. The third-order valence-corrected chi connectivity index (χ3v) is 3.42. The fraction of sp³-hybridized carbons (Fsp3) is 0.250. The maximum absolute atomic E-state index is 12.9. The predicted octanol–water partition coefficient (Wildman–Crippen LogP) is 4.07. The molecule has 9 heteroatoms. The van der Waals surface area contributed by atoms with Gasteiger partial charge in [-0.1, -0.05) is 17.7 Å². The summed E-state index contributed by atoms with van der Waals surface area (Å²) >= 11 is 5.72. The van der Waals surface area contributed by atoms with E-state index < -0.39 is 35.9 Å². The molecule has 1 heterocycles. The van der Waals surface area contributed by atoms with Gasteiger partial charge in [0, 0.05) is 6.42 Å². The molecule has 1 amide bonds. The SMILES string of the molecule is O=C(COC(=O)CCc1ccco1)Nc1c(Cl)cccc1C(F)(F)F. The molecule has 0 aliphatic rings. The molecule has 1 N–H and O–H groups in total. The Kier molecular flexibility index (Phi) is 6.08. The molecule has 5 nitrogen and oxygen atoms in total. The maximum Gasteiger partial charge on any atom is 0.418 e. The molecule has 0 unspecified atom stereocenters. The van der Waals surface area contributed by atoms with E-state index in [4.69, 9.17) is 20.8 Å². The van der Waals surface area contributed by atoms with Crippen molar-refractivity contribution >= 4 is 29.2 Å². The molecule has 25 heavy (non-hydrogen) atoms. The van der Waals surface area contributed by atoms with Gasteiger partial charge in [-0.2, -0.15) is 13.2 Å². The Morgan fingerprint density at radius 2 is 1.96 bits per heavy atom. The molecule has 0 fully saturated rings. The molecular weight excluding hydrogens is 363 g/mol. The van der Waals surface area contributed by atoms with E-state index in [9.17, 15) is 22.8 Å². The van der Waals surface area contributed by atoms with Gasteiger partial charge >= 0.3 is 12.1 Å². The summed E-state index contributed by atoms with van der Waals surface area (Å²) in [5.41, 5.74) is -1.66. The van der Waals surface area contributed by atoms with Crippen LogP contribution in [0.3, 0.4) is 0 Å². The van der Waals surface area contributed by atoms with Crippen LogP contribution < -0.4 is 5.32 Å². The van der Waals surface area contributed by atoms with Gasteiger partial charge in [-0.25, -0.2) is 0 Å². The number of hydrogen-bond acceptors (Lipinski definition) is 4. The summed E-state index contributed by atoms with van der Waals surface area (Å²) in [5.74, 6) is -1.03. The lowest BCUT2D eigenvalue weighted by molar-refractivity contribution is -0.147. The summed E-state index contributed by atoms with van der Waals surface area (Å²) in [6.45, 7) is -0.723. The van der Waals surface area contributed by atoms with Crippen molar-refractivity contribution in [1.82, 2.24) is 0 Å². The van der Waals surface area contributed by atoms with Crippen molar-refractivity contribution in [2.45, 2.75) is 19.0 Å². The minimum absolute atomic E-state index is 0.0271. The number of nitrogens with one attached hydrogen (secondary N) is 1. The lowest BCUT2D eigenvalue weighted by Gasteiger charge is -2.15. The van der Waals surface area contributed by atoms with Crippen LogP contribution in [0.5, 0.6) is 0 Å². The van der Waals surface area contributed by atoms with Gasteiger partial charge in [0.2, 0.25) is 0 Å². The highest BCUT2D eigenvalue weighted by Gasteiger charge is 2.34. The van der Waals surface area contributed by atoms with Crippen molar-refractivity contribution in [3.8, 4) is 0 Å². The number of ether oxygens (including phenoxy) is 1. The third kappa shape index (κ3) is 5.53. The van der Waals surface area contributed by atoms with E-state index >= 15 is 0 Å². The predicted molar refractivity (Wildman–Crippen MR) is 83.1 cm³/mol. The first kappa shape index (κ1) is 18.9. The van der Waals surface area contributed by atoms with Crippen LogP contribution in [0.15, 0.2) is 41.0 Å². The quantitative estimate of drug-likeness (QED) is 0.773. The molecule has 1 aromatic carbocycles. The molecule has 1 aromatic heterocycles. The largest absolute Gasteiger partial charge is 0.469 e. The highest BCUT2D eigenvalue weighted by Crippen LogP contribution is 2.38. The minimum Gasteiger partial charge on any atom is -0.469 e. The van der Waals surface area contributed by atoms with Crippen LogP contribution in [0.25, 0.3) is 0 Å². The van der Waals surface area contributed by atoms with Gasteiger partial charge in [0.05, 0.1) is 29.0 Å². The van der Waals surface area contributed by atoms with E-state index in [1.165, 1.54) is 12.3 Å². The zero-order chi connectivity index (χ0) is 18.4. The highest BCUT2D eigenvalue weighted by molar-refractivity contribution is 6.34. The van der Waals surface area contributed by atoms with Crippen molar-refractivity contribution in [2.24, 2.45) is 0 Å². The van der Waals surface area contributed by atoms with E-state index in [1.54, 1.807) is 12.1 Å². The Bertz CT molecular complexity index is 744. The summed E-state index contributed by atoms with van der Waals surface area (Å²) < 4.78 is 48.5. The zero-order valence-electron chi connectivity index (χ0n) is 12.7.